The Bertz CT molecular complexity index is 2200. The minimum atomic E-state index is -2.12. The first-order chi connectivity index (χ1) is 28.3. The molecule has 15 heteroatoms. The molecule has 0 saturated carbocycles. The largest absolute Gasteiger partial charge is 0.497 e. The van der Waals surface area contributed by atoms with Gasteiger partial charge in [-0.3, -0.25) is 24.0 Å². The monoisotopic (exact) mass is 829 g/mol. The van der Waals surface area contributed by atoms with Gasteiger partial charge in [0.05, 0.1) is 59.6 Å². The van der Waals surface area contributed by atoms with Gasteiger partial charge in [0, 0.05) is 61.8 Å². The molecule has 5 bridgehead atoms. The van der Waals surface area contributed by atoms with E-state index in [0.717, 1.165) is 12.3 Å². The van der Waals surface area contributed by atoms with Gasteiger partial charge >= 0.3 is 17.7 Å². The molecule has 2 aromatic carbocycles. The van der Waals surface area contributed by atoms with Crippen LogP contribution in [0.25, 0.3) is 0 Å². The summed E-state index contributed by atoms with van der Waals surface area (Å²) >= 11 is 0. The molecule has 0 aromatic heterocycles. The van der Waals surface area contributed by atoms with Gasteiger partial charge in [-0.05, 0) is 44.2 Å². The zero-order valence-corrected chi connectivity index (χ0v) is 35.2. The summed E-state index contributed by atoms with van der Waals surface area (Å²) in [6, 6.07) is 5.94. The van der Waals surface area contributed by atoms with Gasteiger partial charge in [0.2, 0.25) is 5.78 Å². The number of fused-ring (bicyclic) bond motifs is 14. The number of hydrogen-bond acceptors (Lipinski definition) is 14. The molecule has 6 rings (SSSR count). The molecule has 9 atom stereocenters. The van der Waals surface area contributed by atoms with Crippen molar-refractivity contribution in [1.82, 2.24) is 5.32 Å². The number of amides is 1. The van der Waals surface area contributed by atoms with E-state index in [1.165, 1.54) is 84.4 Å². The zero-order valence-electron chi connectivity index (χ0n) is 35.2. The summed E-state index contributed by atoms with van der Waals surface area (Å²) in [7, 11) is 2.87. The van der Waals surface area contributed by atoms with Crippen LogP contribution in [0, 0.1) is 30.6 Å². The number of ketones is 3. The number of ether oxygens (including phenoxy) is 6. The van der Waals surface area contributed by atoms with Crippen LogP contribution in [0.4, 0.5) is 0 Å². The predicted molar refractivity (Wildman–Crippen MR) is 216 cm³/mol. The van der Waals surface area contributed by atoms with Crippen molar-refractivity contribution in [2.75, 3.05) is 14.2 Å². The Hall–Kier alpha value is -5.90. The van der Waals surface area contributed by atoms with Crippen molar-refractivity contribution in [1.29, 1.82) is 0 Å². The Kier molecular flexibility index (Phi) is 13.7. The molecule has 9 unspecified atom stereocenters. The van der Waals surface area contributed by atoms with Crippen LogP contribution in [-0.2, 0) is 23.8 Å². The van der Waals surface area contributed by atoms with E-state index in [1.807, 2.05) is 0 Å². The van der Waals surface area contributed by atoms with Gasteiger partial charge in [-0.15, -0.1) is 0 Å². The molecule has 320 valence electrons. The average Bonchev–Trinajstić information content (AvgIpc) is 3.48. The molecule has 3 N–H and O–H groups in total. The number of carbonyl (C=O) groups excluding carboxylic acids is 6. The summed E-state index contributed by atoms with van der Waals surface area (Å²) in [6.45, 7) is 12.3. The summed E-state index contributed by atoms with van der Waals surface area (Å²) in [4.78, 5) is 82.1. The maximum Gasteiger partial charge on any atom is 0.343 e. The maximum absolute atomic E-state index is 14.4. The third-order valence-electron chi connectivity index (χ3n) is 11.3. The molecule has 0 saturated heterocycles. The third-order valence-corrected chi connectivity index (χ3v) is 11.3. The normalized spacial score (nSPS) is 28.5. The van der Waals surface area contributed by atoms with Crippen LogP contribution in [0.1, 0.15) is 95.5 Å². The number of aliphatic hydroxyl groups is 2. The van der Waals surface area contributed by atoms with Gasteiger partial charge in [0.1, 0.15) is 23.4 Å². The van der Waals surface area contributed by atoms with Gasteiger partial charge in [0.15, 0.2) is 5.78 Å². The molecule has 60 heavy (non-hydrogen) atoms. The highest BCUT2D eigenvalue weighted by Crippen LogP contribution is 2.48. The van der Waals surface area contributed by atoms with Gasteiger partial charge < -0.3 is 44.0 Å². The van der Waals surface area contributed by atoms with Gasteiger partial charge in [-0.2, -0.15) is 0 Å². The smallest absolute Gasteiger partial charge is 0.343 e. The number of Topliss-reactive ketones (excluding diaryl/α,β-unsaturated/α-hetero) is 2. The maximum atomic E-state index is 14.4. The summed E-state index contributed by atoms with van der Waals surface area (Å²) in [5, 5.41) is 25.2. The van der Waals surface area contributed by atoms with E-state index in [2.05, 4.69) is 5.32 Å². The highest BCUT2D eigenvalue weighted by atomic mass is 16.7. The number of benzene rings is 2. The Morgan fingerprint density at radius 3 is 2.15 bits per heavy atom. The molecule has 0 fully saturated rings. The summed E-state index contributed by atoms with van der Waals surface area (Å²) in [5.41, 5.74) is -1.39. The number of nitrogens with one attached hydrogen (secondary N) is 1. The number of methoxy groups -OCH3 is 2. The van der Waals surface area contributed by atoms with E-state index >= 15 is 0 Å². The van der Waals surface area contributed by atoms with Crippen LogP contribution in [0.2, 0.25) is 0 Å². The molecule has 3 heterocycles. The number of hydrogen-bond donors (Lipinski definition) is 3. The van der Waals surface area contributed by atoms with Crippen LogP contribution < -0.4 is 19.5 Å². The predicted octanol–water partition coefficient (Wildman–Crippen LogP) is 5.15. The first-order valence-corrected chi connectivity index (χ1v) is 19.4. The lowest BCUT2D eigenvalue weighted by Gasteiger charge is -2.38. The lowest BCUT2D eigenvalue weighted by atomic mass is 9.78. The van der Waals surface area contributed by atoms with E-state index in [1.54, 1.807) is 33.8 Å². The molecule has 4 aliphatic rings. The summed E-state index contributed by atoms with van der Waals surface area (Å²) < 4.78 is 34.6. The van der Waals surface area contributed by atoms with Gasteiger partial charge in [-0.1, -0.05) is 45.9 Å². The van der Waals surface area contributed by atoms with Crippen molar-refractivity contribution in [3.8, 4) is 17.2 Å². The summed E-state index contributed by atoms with van der Waals surface area (Å²) in [6.07, 6.45) is 4.12. The van der Waals surface area contributed by atoms with E-state index in [4.69, 9.17) is 28.4 Å². The molecular weight excluding hydrogens is 778 g/mol. The first kappa shape index (κ1) is 45.2. The quantitative estimate of drug-likeness (QED) is 0.263. The van der Waals surface area contributed by atoms with Crippen LogP contribution in [0.3, 0.4) is 0 Å². The lowest BCUT2D eigenvalue weighted by molar-refractivity contribution is -0.160. The molecule has 2 aromatic rings. The molecule has 3 aliphatic heterocycles. The Morgan fingerprint density at radius 1 is 0.867 bits per heavy atom. The number of carbonyl (C=O) groups is 6. The Balaban J connectivity index is 1.65. The van der Waals surface area contributed by atoms with Crippen molar-refractivity contribution >= 4 is 35.2 Å². The van der Waals surface area contributed by atoms with Crippen molar-refractivity contribution in [2.24, 2.45) is 23.7 Å². The highest BCUT2D eigenvalue weighted by molar-refractivity contribution is 6.31. The van der Waals surface area contributed by atoms with E-state index in [0.29, 0.717) is 5.75 Å². The number of allylic oxidation sites excluding steroid dienone is 4. The second-order valence-corrected chi connectivity index (χ2v) is 15.5. The third kappa shape index (κ3) is 8.83. The number of rotatable bonds is 5. The minimum absolute atomic E-state index is 0.0152. The fourth-order valence-corrected chi connectivity index (χ4v) is 7.61. The van der Waals surface area contributed by atoms with E-state index < -0.39 is 106 Å². The number of esters is 2. The second kappa shape index (κ2) is 18.2. The first-order valence-electron chi connectivity index (χ1n) is 19.4. The molecule has 1 aliphatic carbocycles. The zero-order chi connectivity index (χ0) is 44.4. The molecule has 1 amide bonds. The fraction of sp³-hybridized carbons (Fsp3) is 0.422. The van der Waals surface area contributed by atoms with Crippen molar-refractivity contribution < 1.29 is 67.4 Å². The van der Waals surface area contributed by atoms with Crippen LogP contribution in [0.5, 0.6) is 17.2 Å². The fourth-order valence-electron chi connectivity index (χ4n) is 7.61. The van der Waals surface area contributed by atoms with Gasteiger partial charge in [-0.25, -0.2) is 4.79 Å². The number of aliphatic hydroxyl groups excluding tert-OH is 2. The van der Waals surface area contributed by atoms with Gasteiger partial charge in [0.25, 0.3) is 11.7 Å². The van der Waals surface area contributed by atoms with E-state index in [9.17, 15) is 39.0 Å². The molecule has 0 spiro atoms. The average molecular weight is 830 g/mol. The topological polar surface area (TPSA) is 210 Å². The van der Waals surface area contributed by atoms with Crippen LogP contribution in [0.15, 0.2) is 72.2 Å². The van der Waals surface area contributed by atoms with Crippen LogP contribution >= 0.6 is 0 Å². The molecule has 0 radical (unpaired) electrons. The standard InChI is InChI=1S/C45H51NO14/c1-21-12-11-13-22(2)43(53)46-30-20-31(48)33-34(38(30)51)40(59-44(54)28-14-16-29(55-9)17-15-28)26(6)41-35(33)42(52)45(8,60-41)57-19-18-32(56-10)23(3)39(58-27(7)47)25(5)37(50)24(4)36(21)49/h11-21,23-25,32,36-37,39,49-50H,1-10H3,(H,46,53). The Labute approximate surface area is 348 Å². The minimum Gasteiger partial charge on any atom is -0.497 e. The second-order valence-electron chi connectivity index (χ2n) is 15.5. The highest BCUT2D eigenvalue weighted by Gasteiger charge is 2.52. The van der Waals surface area contributed by atoms with E-state index in [-0.39, 0.29) is 33.8 Å². The molecular formula is C45H51NO14. The SMILES string of the molecule is COc1ccc(C(=O)Oc2c(C)c3c4c5c2C(=O)C(=CC5=O)NC(=O)C(C)=CC=CC(C)C(O)C(C)C(O)C(C)C(OC(C)=O)C(C)C(OC)C=COC(C)(O3)C4=O)cc1. The molecule has 15 nitrogen and oxygen atoms in total. The lowest BCUT2D eigenvalue weighted by Crippen LogP contribution is -2.46. The van der Waals surface area contributed by atoms with Crippen LogP contribution in [-0.4, -0.2) is 89.8 Å². The van der Waals surface area contributed by atoms with Crippen molar-refractivity contribution in [3.05, 3.63) is 100.0 Å². The Morgan fingerprint density at radius 2 is 1.53 bits per heavy atom. The van der Waals surface area contributed by atoms with Crippen molar-refractivity contribution in [2.45, 2.75) is 85.6 Å². The van der Waals surface area contributed by atoms with Crippen molar-refractivity contribution in [3.63, 3.8) is 0 Å². The summed E-state index contributed by atoms with van der Waals surface area (Å²) in [5.74, 6) is -9.67.